The normalized spacial score (nSPS) is 17.5. The van der Waals surface area contributed by atoms with Gasteiger partial charge in [-0.05, 0) is 13.0 Å². The Labute approximate surface area is 159 Å². The van der Waals surface area contributed by atoms with Crippen LogP contribution in [0, 0.1) is 0 Å². The number of carbonyl (C=O) groups is 1. The minimum Gasteiger partial charge on any atom is -0.493 e. The van der Waals surface area contributed by atoms with Crippen molar-refractivity contribution in [2.75, 3.05) is 26.1 Å². The molecule has 2 aliphatic rings. The molecule has 4 rings (SSSR count). The molecule has 0 saturated carbocycles. The molecule has 2 aliphatic heterocycles. The van der Waals surface area contributed by atoms with Gasteiger partial charge in [0.1, 0.15) is 12.4 Å². The largest absolute Gasteiger partial charge is 0.493 e. The van der Waals surface area contributed by atoms with Crippen molar-refractivity contribution in [2.24, 2.45) is 0 Å². The lowest BCUT2D eigenvalue weighted by molar-refractivity contribution is -0.136. The number of H-pyrrole nitrogens is 1. The van der Waals surface area contributed by atoms with Crippen LogP contribution >= 0.6 is 0 Å². The highest BCUT2D eigenvalue weighted by molar-refractivity contribution is 5.97. The number of anilines is 1. The number of fused-ring (bicyclic) bond motifs is 1. The summed E-state index contributed by atoms with van der Waals surface area (Å²) >= 11 is 0. The van der Waals surface area contributed by atoms with Gasteiger partial charge in [0.25, 0.3) is 5.56 Å². The number of nitrogens with one attached hydrogen (secondary N) is 2. The molecule has 1 aromatic heterocycles. The molecule has 0 fully saturated rings. The van der Waals surface area contributed by atoms with Gasteiger partial charge >= 0.3 is 11.7 Å². The predicted molar refractivity (Wildman–Crippen MR) is 100.0 cm³/mol. The van der Waals surface area contributed by atoms with Crippen LogP contribution in [-0.2, 0) is 16.1 Å². The van der Waals surface area contributed by atoms with Crippen LogP contribution in [0.4, 0.5) is 5.82 Å². The number of hydrogen-bond donors (Lipinski definition) is 2. The fourth-order valence-corrected chi connectivity index (χ4v) is 3.84. The van der Waals surface area contributed by atoms with Gasteiger partial charge in [0.15, 0.2) is 11.5 Å². The summed E-state index contributed by atoms with van der Waals surface area (Å²) in [5.41, 5.74) is 0.585. The maximum Gasteiger partial charge on any atom is 0.337 e. The molecule has 1 atom stereocenters. The first kappa shape index (κ1) is 17.9. The van der Waals surface area contributed by atoms with E-state index in [4.69, 9.17) is 14.2 Å². The van der Waals surface area contributed by atoms with Crippen LogP contribution in [0.2, 0.25) is 0 Å². The van der Waals surface area contributed by atoms with Gasteiger partial charge in [0.2, 0.25) is 0 Å². The summed E-state index contributed by atoms with van der Waals surface area (Å²) < 4.78 is 17.5. The van der Waals surface area contributed by atoms with Crippen LogP contribution in [0.3, 0.4) is 0 Å². The highest BCUT2D eigenvalue weighted by Crippen LogP contribution is 2.47. The zero-order chi connectivity index (χ0) is 20.0. The van der Waals surface area contributed by atoms with E-state index in [-0.39, 0.29) is 12.2 Å². The second kappa shape index (κ2) is 6.59. The second-order valence-corrected chi connectivity index (χ2v) is 6.37. The Balaban J connectivity index is 2.09. The summed E-state index contributed by atoms with van der Waals surface area (Å²) in [6, 6.07) is 5.24. The third-order valence-electron chi connectivity index (χ3n) is 5.04. The molecule has 0 spiro atoms. The number of esters is 1. The van der Waals surface area contributed by atoms with Crippen LogP contribution in [0.25, 0.3) is 0 Å². The van der Waals surface area contributed by atoms with Crippen LogP contribution in [0.5, 0.6) is 11.5 Å². The van der Waals surface area contributed by atoms with Gasteiger partial charge in [-0.15, -0.1) is 0 Å². The minimum absolute atomic E-state index is 0.0428. The zero-order valence-electron chi connectivity index (χ0n) is 15.6. The van der Waals surface area contributed by atoms with E-state index in [2.05, 4.69) is 10.3 Å². The predicted octanol–water partition coefficient (Wildman–Crippen LogP) is 0.942. The molecule has 2 N–H and O–H groups in total. The van der Waals surface area contributed by atoms with E-state index >= 15 is 0 Å². The van der Waals surface area contributed by atoms with E-state index < -0.39 is 23.1 Å². The number of aromatic nitrogens is 2. The molecular formula is C19H19N3O6. The molecule has 0 radical (unpaired) electrons. The third kappa shape index (κ3) is 2.43. The molecule has 2 aromatic rings. The Morgan fingerprint density at radius 2 is 2.00 bits per heavy atom. The third-order valence-corrected chi connectivity index (χ3v) is 5.04. The Morgan fingerprint density at radius 3 is 2.68 bits per heavy atom. The highest BCUT2D eigenvalue weighted by atomic mass is 16.5. The molecule has 0 amide bonds. The van der Waals surface area contributed by atoms with Gasteiger partial charge in [-0.25, -0.2) is 9.59 Å². The van der Waals surface area contributed by atoms with Crippen LogP contribution in [0.15, 0.2) is 39.1 Å². The molecule has 1 unspecified atom stereocenters. The van der Waals surface area contributed by atoms with Crippen molar-refractivity contribution >= 4 is 11.8 Å². The van der Waals surface area contributed by atoms with Crippen molar-refractivity contribution < 1.29 is 19.0 Å². The average Bonchev–Trinajstić information content (AvgIpc) is 3.06. The molecule has 0 saturated heterocycles. The molecular weight excluding hydrogens is 366 g/mol. The number of nitrogens with zero attached hydrogens (tertiary/aromatic N) is 1. The number of methoxy groups -OCH3 is 2. The van der Waals surface area contributed by atoms with Crippen molar-refractivity contribution in [3.05, 3.63) is 61.4 Å². The maximum atomic E-state index is 12.8. The first-order chi connectivity index (χ1) is 13.5. The quantitative estimate of drug-likeness (QED) is 0.754. The number of benzene rings is 1. The van der Waals surface area contributed by atoms with Gasteiger partial charge in [-0.1, -0.05) is 12.1 Å². The fourth-order valence-electron chi connectivity index (χ4n) is 3.84. The van der Waals surface area contributed by atoms with Gasteiger partial charge in [0.05, 0.1) is 37.0 Å². The molecule has 0 aliphatic carbocycles. The van der Waals surface area contributed by atoms with Gasteiger partial charge in [-0.3, -0.25) is 14.3 Å². The average molecular weight is 385 g/mol. The number of para-hydroxylation sites is 1. The van der Waals surface area contributed by atoms with Crippen LogP contribution < -0.4 is 26.0 Å². The number of cyclic esters (lactones) is 1. The molecule has 1 aromatic carbocycles. The first-order valence-electron chi connectivity index (χ1n) is 8.76. The lowest BCUT2D eigenvalue weighted by atomic mass is 9.82. The van der Waals surface area contributed by atoms with E-state index in [1.807, 2.05) is 0 Å². The number of carbonyl (C=O) groups excluding carboxylic acids is 1. The molecule has 9 heteroatoms. The Kier molecular flexibility index (Phi) is 4.21. The summed E-state index contributed by atoms with van der Waals surface area (Å²) in [5, 5.41) is 3.06. The van der Waals surface area contributed by atoms with Crippen molar-refractivity contribution in [3.8, 4) is 11.5 Å². The van der Waals surface area contributed by atoms with Crippen molar-refractivity contribution in [2.45, 2.75) is 19.4 Å². The van der Waals surface area contributed by atoms with Crippen LogP contribution in [-0.4, -0.2) is 36.3 Å². The zero-order valence-corrected chi connectivity index (χ0v) is 15.6. The van der Waals surface area contributed by atoms with Crippen molar-refractivity contribution in [3.63, 3.8) is 0 Å². The van der Waals surface area contributed by atoms with Gasteiger partial charge in [-0.2, -0.15) is 0 Å². The Bertz CT molecular complexity index is 1130. The maximum absolute atomic E-state index is 12.8. The molecule has 0 bridgehead atoms. The summed E-state index contributed by atoms with van der Waals surface area (Å²) in [5.74, 6) is -0.0646. The smallest absolute Gasteiger partial charge is 0.337 e. The molecule has 3 heterocycles. The monoisotopic (exact) mass is 385 g/mol. The molecule has 146 valence electrons. The van der Waals surface area contributed by atoms with E-state index in [0.717, 1.165) is 0 Å². The van der Waals surface area contributed by atoms with Crippen molar-refractivity contribution in [1.29, 1.82) is 0 Å². The standard InChI is InChI=1S/C19H19N3O6/c1-4-22-16-14(17(23)21-19(22)25)12(13-10(20-16)8-28-18(13)24)9-6-5-7-11(26-2)15(9)27-3/h5-7,12,20H,4,8H2,1-3H3,(H,21,23,25). The topological polar surface area (TPSA) is 112 Å². The molecule has 28 heavy (non-hydrogen) atoms. The van der Waals surface area contributed by atoms with Gasteiger partial charge in [0, 0.05) is 12.1 Å². The van der Waals surface area contributed by atoms with E-state index in [0.29, 0.717) is 40.7 Å². The number of hydrogen-bond acceptors (Lipinski definition) is 7. The molecule has 9 nitrogen and oxygen atoms in total. The first-order valence-corrected chi connectivity index (χ1v) is 8.76. The van der Waals surface area contributed by atoms with E-state index in [1.165, 1.54) is 18.8 Å². The SMILES string of the molecule is CCn1c2c(c(=O)[nH]c1=O)C(c1cccc(OC)c1OC)C1=C(COC1=O)N2. The number of ether oxygens (including phenoxy) is 3. The van der Waals surface area contributed by atoms with Gasteiger partial charge < -0.3 is 19.5 Å². The summed E-state index contributed by atoms with van der Waals surface area (Å²) in [4.78, 5) is 40.0. The fraction of sp³-hybridized carbons (Fsp3) is 0.316. The Morgan fingerprint density at radius 1 is 1.21 bits per heavy atom. The summed E-state index contributed by atoms with van der Waals surface area (Å²) in [6.07, 6.45) is 0. The second-order valence-electron chi connectivity index (χ2n) is 6.37. The number of rotatable bonds is 4. The summed E-state index contributed by atoms with van der Waals surface area (Å²) in [7, 11) is 3.00. The summed E-state index contributed by atoms with van der Waals surface area (Å²) in [6.45, 7) is 2.18. The minimum atomic E-state index is -0.770. The number of aromatic amines is 1. The van der Waals surface area contributed by atoms with Crippen molar-refractivity contribution in [1.82, 2.24) is 9.55 Å². The Hall–Kier alpha value is -3.49. The van der Waals surface area contributed by atoms with E-state index in [1.54, 1.807) is 25.1 Å². The highest BCUT2D eigenvalue weighted by Gasteiger charge is 2.42. The lowest BCUT2D eigenvalue weighted by Crippen LogP contribution is -2.38. The van der Waals surface area contributed by atoms with Crippen LogP contribution in [0.1, 0.15) is 24.0 Å². The van der Waals surface area contributed by atoms with E-state index in [9.17, 15) is 14.4 Å². The lowest BCUT2D eigenvalue weighted by Gasteiger charge is -2.29.